The number of aliphatic hydroxyl groups is 2. The summed E-state index contributed by atoms with van der Waals surface area (Å²) >= 11 is 0. The second kappa shape index (κ2) is 13.6. The number of carbonyl (C=O) groups excluding carboxylic acids is 5. The van der Waals surface area contributed by atoms with Gasteiger partial charge in [-0.05, 0) is 84.1 Å². The highest BCUT2D eigenvalue weighted by Crippen LogP contribution is 2.71. The van der Waals surface area contributed by atoms with Gasteiger partial charge in [-0.3, -0.25) is 19.2 Å². The molecule has 1 spiro atoms. The molecule has 12 nitrogen and oxygen atoms in total. The van der Waals surface area contributed by atoms with Gasteiger partial charge in [-0.15, -0.1) is 0 Å². The Morgan fingerprint density at radius 3 is 2.29 bits per heavy atom. The average Bonchev–Trinajstić information content (AvgIpc) is 3.64. The standard InChI is InChI=1S/C43H44N2O10/c1-22-20-42-23(2)18-30-33(41(30,4)5)29(36(42)49)19-26(21-54-24(3)46)35(48)43(42,53)37(22)55-40(52)27-14-9-10-16-31(27)44-39(51)28-15-11-17-32(47)34(28)45-38(50)25-12-7-6-8-13-25/h6-17,19-20,23,29-30,33,35,37,47-48,53H,18,21H2,1-5H3,(H,44,51)(H,45,50)/t23-,29+,30-,33+,35-,37+,42?,43+/m1/s1. The number of allylic oxidation sites excluding steroid dienone is 1. The Balaban J connectivity index is 1.20. The summed E-state index contributed by atoms with van der Waals surface area (Å²) in [5, 5.41) is 41.1. The van der Waals surface area contributed by atoms with Gasteiger partial charge in [0.25, 0.3) is 11.8 Å². The molecule has 3 aromatic carbocycles. The first-order valence-corrected chi connectivity index (χ1v) is 18.3. The van der Waals surface area contributed by atoms with Gasteiger partial charge in [0.2, 0.25) is 0 Å². The fourth-order valence-electron chi connectivity index (χ4n) is 9.53. The van der Waals surface area contributed by atoms with E-state index in [4.69, 9.17) is 9.47 Å². The van der Waals surface area contributed by atoms with Gasteiger partial charge in [-0.1, -0.05) is 69.3 Å². The number of fused-ring (bicyclic) bond motifs is 3. The number of nitrogens with one attached hydrogen (secondary N) is 2. The molecule has 4 aliphatic carbocycles. The Morgan fingerprint density at radius 2 is 1.58 bits per heavy atom. The minimum atomic E-state index is -2.38. The van der Waals surface area contributed by atoms with Crippen LogP contribution in [0, 0.1) is 34.5 Å². The number of para-hydroxylation sites is 2. The van der Waals surface area contributed by atoms with Crippen LogP contribution in [0.25, 0.3) is 0 Å². The fraction of sp³-hybridized carbons (Fsp3) is 0.372. The topological polar surface area (TPSA) is 189 Å². The zero-order valence-electron chi connectivity index (χ0n) is 31.2. The van der Waals surface area contributed by atoms with Gasteiger partial charge in [0.15, 0.2) is 17.5 Å². The number of phenols is 1. The minimum absolute atomic E-state index is 0.0145. The number of esters is 2. The second-order valence-electron chi connectivity index (χ2n) is 15.8. The molecule has 12 heteroatoms. The maximum Gasteiger partial charge on any atom is 0.340 e. The molecule has 2 amide bonds. The van der Waals surface area contributed by atoms with E-state index in [1.54, 1.807) is 61.5 Å². The van der Waals surface area contributed by atoms with Crippen molar-refractivity contribution in [1.29, 1.82) is 0 Å². The molecule has 2 fully saturated rings. The lowest BCUT2D eigenvalue weighted by atomic mass is 9.59. The van der Waals surface area contributed by atoms with Crippen LogP contribution in [0.2, 0.25) is 0 Å². The van der Waals surface area contributed by atoms with Gasteiger partial charge in [0, 0.05) is 18.4 Å². The number of amides is 2. The van der Waals surface area contributed by atoms with E-state index in [1.807, 2.05) is 6.92 Å². The van der Waals surface area contributed by atoms with Gasteiger partial charge in [0.05, 0.1) is 27.9 Å². The molecule has 55 heavy (non-hydrogen) atoms. The molecule has 286 valence electrons. The molecule has 2 saturated carbocycles. The average molecular weight is 749 g/mol. The highest BCUT2D eigenvalue weighted by Gasteiger charge is 2.76. The van der Waals surface area contributed by atoms with Crippen LogP contribution in [-0.4, -0.2) is 69.3 Å². The van der Waals surface area contributed by atoms with Crippen molar-refractivity contribution < 1.29 is 48.8 Å². The number of Topliss-reactive ketones (excluding diaryl/α,β-unsaturated/α-hetero) is 1. The van der Waals surface area contributed by atoms with Crippen LogP contribution in [-0.2, 0) is 19.1 Å². The predicted molar refractivity (Wildman–Crippen MR) is 201 cm³/mol. The molecule has 1 unspecified atom stereocenters. The molecule has 4 aliphatic rings. The van der Waals surface area contributed by atoms with Crippen LogP contribution in [0.4, 0.5) is 11.4 Å². The van der Waals surface area contributed by atoms with E-state index in [1.165, 1.54) is 37.3 Å². The van der Waals surface area contributed by atoms with Crippen molar-refractivity contribution in [1.82, 2.24) is 0 Å². The molecular weight excluding hydrogens is 704 g/mol. The lowest BCUT2D eigenvalue weighted by Gasteiger charge is -2.48. The summed E-state index contributed by atoms with van der Waals surface area (Å²) in [4.78, 5) is 67.7. The summed E-state index contributed by atoms with van der Waals surface area (Å²) in [6.45, 7) is 8.56. The zero-order valence-corrected chi connectivity index (χ0v) is 31.2. The van der Waals surface area contributed by atoms with Crippen LogP contribution in [0.5, 0.6) is 5.75 Å². The van der Waals surface area contributed by atoms with Crippen molar-refractivity contribution in [2.75, 3.05) is 17.2 Å². The second-order valence-corrected chi connectivity index (χ2v) is 15.8. The van der Waals surface area contributed by atoms with Crippen molar-refractivity contribution in [2.24, 2.45) is 34.5 Å². The Hall–Kier alpha value is -5.59. The van der Waals surface area contributed by atoms with E-state index < -0.39 is 58.8 Å². The van der Waals surface area contributed by atoms with Crippen molar-refractivity contribution in [3.05, 3.63) is 113 Å². The third-order valence-electron chi connectivity index (χ3n) is 12.3. The van der Waals surface area contributed by atoms with Crippen LogP contribution in [0.15, 0.2) is 96.1 Å². The highest BCUT2D eigenvalue weighted by atomic mass is 16.6. The van der Waals surface area contributed by atoms with Crippen LogP contribution in [0.1, 0.15) is 72.1 Å². The number of benzene rings is 3. The molecule has 0 saturated heterocycles. The molecule has 0 aromatic heterocycles. The van der Waals surface area contributed by atoms with Crippen molar-refractivity contribution in [3.8, 4) is 5.75 Å². The van der Waals surface area contributed by atoms with E-state index in [9.17, 15) is 39.3 Å². The predicted octanol–water partition coefficient (Wildman–Crippen LogP) is 5.46. The minimum Gasteiger partial charge on any atom is -0.506 e. The van der Waals surface area contributed by atoms with Crippen molar-refractivity contribution in [3.63, 3.8) is 0 Å². The van der Waals surface area contributed by atoms with E-state index >= 15 is 0 Å². The number of phenolic OH excluding ortho intramolecular Hbond substituents is 1. The largest absolute Gasteiger partial charge is 0.506 e. The Kier molecular flexibility index (Phi) is 9.33. The summed E-state index contributed by atoms with van der Waals surface area (Å²) in [6, 6.07) is 18.4. The number of rotatable bonds is 8. The maximum absolute atomic E-state index is 14.9. The third-order valence-corrected chi connectivity index (χ3v) is 12.3. The van der Waals surface area contributed by atoms with E-state index in [0.29, 0.717) is 17.6 Å². The van der Waals surface area contributed by atoms with Gasteiger partial charge in [-0.25, -0.2) is 4.79 Å². The normalized spacial score (nSPS) is 29.9. The number of carbonyl (C=O) groups is 5. The van der Waals surface area contributed by atoms with Crippen molar-refractivity contribution >= 4 is 40.9 Å². The molecule has 0 heterocycles. The lowest BCUT2D eigenvalue weighted by molar-refractivity contribution is -0.191. The smallest absolute Gasteiger partial charge is 0.340 e. The number of ketones is 1. The van der Waals surface area contributed by atoms with Gasteiger partial charge in [-0.2, -0.15) is 0 Å². The van der Waals surface area contributed by atoms with E-state index in [-0.39, 0.29) is 63.5 Å². The van der Waals surface area contributed by atoms with Crippen LogP contribution < -0.4 is 10.6 Å². The van der Waals surface area contributed by atoms with Gasteiger partial charge in [0.1, 0.15) is 18.5 Å². The summed E-state index contributed by atoms with van der Waals surface area (Å²) in [6.07, 6.45) is 0.597. The fourth-order valence-corrected chi connectivity index (χ4v) is 9.53. The molecular formula is C43H44N2O10. The number of ether oxygens (including phenoxy) is 2. The Labute approximate surface area is 318 Å². The van der Waals surface area contributed by atoms with Crippen molar-refractivity contribution in [2.45, 2.75) is 58.8 Å². The first kappa shape index (κ1) is 37.7. The molecule has 8 atom stereocenters. The summed E-state index contributed by atoms with van der Waals surface area (Å²) < 4.78 is 11.4. The van der Waals surface area contributed by atoms with Crippen LogP contribution in [0.3, 0.4) is 0 Å². The summed E-state index contributed by atoms with van der Waals surface area (Å²) in [5.41, 5.74) is -3.72. The third kappa shape index (κ3) is 5.95. The van der Waals surface area contributed by atoms with Crippen LogP contribution >= 0.6 is 0 Å². The van der Waals surface area contributed by atoms with Gasteiger partial charge >= 0.3 is 11.9 Å². The molecule has 0 aliphatic heterocycles. The molecule has 5 N–H and O–H groups in total. The number of aliphatic hydroxyl groups excluding tert-OH is 1. The number of aromatic hydroxyl groups is 1. The van der Waals surface area contributed by atoms with E-state index in [0.717, 1.165) is 0 Å². The maximum atomic E-state index is 14.9. The zero-order chi connectivity index (χ0) is 39.6. The Bertz CT molecular complexity index is 2180. The number of hydrogen-bond donors (Lipinski definition) is 5. The first-order valence-electron chi connectivity index (χ1n) is 18.3. The van der Waals surface area contributed by atoms with E-state index in [2.05, 4.69) is 24.5 Å². The lowest BCUT2D eigenvalue weighted by Crippen LogP contribution is -2.65. The monoisotopic (exact) mass is 748 g/mol. The highest BCUT2D eigenvalue weighted by molar-refractivity contribution is 6.15. The molecule has 0 radical (unpaired) electrons. The summed E-state index contributed by atoms with van der Waals surface area (Å²) in [7, 11) is 0. The molecule has 3 aromatic rings. The molecule has 2 bridgehead atoms. The number of hydrogen-bond acceptors (Lipinski definition) is 10. The quantitative estimate of drug-likeness (QED) is 0.112. The first-order chi connectivity index (χ1) is 26.0. The SMILES string of the molecule is CC(=O)OCC1=C[C@@H]2C(=O)C3(C=C(C)[C@H](OC(=O)c4ccccc4NC(=O)c4cccc(O)c4NC(=O)c4ccccc4)[C@@]3(O)[C@@H]1O)[C@H](C)C[C@@H]1[C@H]2C1(C)C. The van der Waals surface area contributed by atoms with Gasteiger partial charge < -0.3 is 35.4 Å². The summed E-state index contributed by atoms with van der Waals surface area (Å²) in [5.74, 6) is -4.60. The Morgan fingerprint density at radius 1 is 0.909 bits per heavy atom. The molecule has 7 rings (SSSR count). The number of anilines is 2.